The minimum atomic E-state index is -0.451. The van der Waals surface area contributed by atoms with Gasteiger partial charge in [0.1, 0.15) is 5.60 Å². The van der Waals surface area contributed by atoms with E-state index in [0.717, 1.165) is 25.9 Å². The molecule has 1 N–H and O–H groups in total. The van der Waals surface area contributed by atoms with Gasteiger partial charge in [-0.15, -0.1) is 0 Å². The van der Waals surface area contributed by atoms with Crippen LogP contribution in [0.4, 0.5) is 4.79 Å². The van der Waals surface area contributed by atoms with Gasteiger partial charge in [0, 0.05) is 20.2 Å². The highest BCUT2D eigenvalue weighted by atomic mass is 16.6. The van der Waals surface area contributed by atoms with Crippen LogP contribution in [0.2, 0.25) is 0 Å². The number of likely N-dealkylation sites (N-methyl/N-ethyl adjacent to an activating group) is 1. The Morgan fingerprint density at radius 3 is 2.61 bits per heavy atom. The summed E-state index contributed by atoms with van der Waals surface area (Å²) in [6, 6.07) is 0. The third-order valence-corrected chi connectivity index (χ3v) is 3.12. The molecule has 106 valence electrons. The predicted octanol–water partition coefficient (Wildman–Crippen LogP) is 1.62. The monoisotopic (exact) mass is 258 g/mol. The Labute approximate surface area is 110 Å². The molecule has 0 bridgehead atoms. The Morgan fingerprint density at radius 1 is 1.44 bits per heavy atom. The number of methoxy groups -OCH3 is 1. The summed E-state index contributed by atoms with van der Waals surface area (Å²) >= 11 is 0. The second kappa shape index (κ2) is 5.89. The first-order valence-corrected chi connectivity index (χ1v) is 6.50. The van der Waals surface area contributed by atoms with E-state index in [-0.39, 0.29) is 11.7 Å². The molecule has 5 heteroatoms. The number of ether oxygens (including phenoxy) is 2. The lowest BCUT2D eigenvalue weighted by Gasteiger charge is -2.42. The topological polar surface area (TPSA) is 50.8 Å². The van der Waals surface area contributed by atoms with Crippen molar-refractivity contribution >= 4 is 6.09 Å². The van der Waals surface area contributed by atoms with Crippen molar-refractivity contribution in [3.05, 3.63) is 0 Å². The van der Waals surface area contributed by atoms with E-state index in [1.165, 1.54) is 0 Å². The molecule has 1 atom stereocenters. The summed E-state index contributed by atoms with van der Waals surface area (Å²) in [4.78, 5) is 13.8. The predicted molar refractivity (Wildman–Crippen MR) is 70.7 cm³/mol. The summed E-state index contributed by atoms with van der Waals surface area (Å²) < 4.78 is 11.0. The van der Waals surface area contributed by atoms with Gasteiger partial charge in [-0.3, -0.25) is 0 Å². The Balaban J connectivity index is 2.65. The molecular formula is C13H26N2O3. The molecule has 18 heavy (non-hydrogen) atoms. The second-order valence-corrected chi connectivity index (χ2v) is 5.92. The maximum absolute atomic E-state index is 12.0. The summed E-state index contributed by atoms with van der Waals surface area (Å²) in [5.74, 6) is 0. The quantitative estimate of drug-likeness (QED) is 0.836. The largest absolute Gasteiger partial charge is 0.444 e. The fourth-order valence-corrected chi connectivity index (χ4v) is 2.29. The molecule has 1 heterocycles. The van der Waals surface area contributed by atoms with Gasteiger partial charge in [0.2, 0.25) is 0 Å². The molecule has 0 aliphatic carbocycles. The number of rotatable bonds is 3. The van der Waals surface area contributed by atoms with E-state index < -0.39 is 5.60 Å². The molecule has 1 saturated heterocycles. The van der Waals surface area contributed by atoms with Gasteiger partial charge >= 0.3 is 6.09 Å². The molecule has 0 aromatic rings. The smallest absolute Gasteiger partial charge is 0.410 e. The van der Waals surface area contributed by atoms with Crippen LogP contribution in [0, 0.1) is 0 Å². The third-order valence-electron chi connectivity index (χ3n) is 3.12. The van der Waals surface area contributed by atoms with Crippen molar-refractivity contribution in [3.8, 4) is 0 Å². The van der Waals surface area contributed by atoms with Gasteiger partial charge < -0.3 is 19.7 Å². The van der Waals surface area contributed by atoms with Gasteiger partial charge in [0.25, 0.3) is 0 Å². The van der Waals surface area contributed by atoms with Crippen molar-refractivity contribution in [2.75, 3.05) is 33.8 Å². The maximum Gasteiger partial charge on any atom is 0.410 e. The molecule has 0 spiro atoms. The maximum atomic E-state index is 12.0. The molecule has 0 saturated carbocycles. The van der Waals surface area contributed by atoms with E-state index in [4.69, 9.17) is 9.47 Å². The van der Waals surface area contributed by atoms with Crippen LogP contribution < -0.4 is 5.32 Å². The molecule has 1 rings (SSSR count). The van der Waals surface area contributed by atoms with Crippen LogP contribution in [0.1, 0.15) is 33.6 Å². The first-order valence-electron chi connectivity index (χ1n) is 6.50. The van der Waals surface area contributed by atoms with Crippen LogP contribution in [-0.4, -0.2) is 56.0 Å². The summed E-state index contributed by atoms with van der Waals surface area (Å²) in [6.07, 6.45) is 1.65. The molecule has 0 aromatic heterocycles. The number of piperidine rings is 1. The van der Waals surface area contributed by atoms with Crippen LogP contribution in [0.5, 0.6) is 0 Å². The number of carbonyl (C=O) groups is 1. The van der Waals surface area contributed by atoms with E-state index in [1.54, 1.807) is 12.0 Å². The van der Waals surface area contributed by atoms with Gasteiger partial charge in [0.05, 0.1) is 12.1 Å². The highest BCUT2D eigenvalue weighted by molar-refractivity contribution is 5.68. The molecule has 1 amide bonds. The van der Waals surface area contributed by atoms with Crippen LogP contribution in [0.15, 0.2) is 0 Å². The van der Waals surface area contributed by atoms with Crippen molar-refractivity contribution < 1.29 is 14.3 Å². The standard InChI is InChI=1S/C13H26N2O3/c1-12(2,3)18-11(16)15-8-6-7-13(10-15,17-5)9-14-4/h14H,6-10H2,1-5H3. The molecule has 1 fully saturated rings. The molecular weight excluding hydrogens is 232 g/mol. The van der Waals surface area contributed by atoms with E-state index in [1.807, 2.05) is 27.8 Å². The molecule has 1 aliphatic rings. The molecule has 1 aliphatic heterocycles. The summed E-state index contributed by atoms with van der Waals surface area (Å²) in [5, 5.41) is 3.13. The van der Waals surface area contributed by atoms with Crippen molar-refractivity contribution in [2.24, 2.45) is 0 Å². The van der Waals surface area contributed by atoms with Crippen molar-refractivity contribution in [2.45, 2.75) is 44.8 Å². The zero-order valence-electron chi connectivity index (χ0n) is 12.2. The summed E-state index contributed by atoms with van der Waals surface area (Å²) in [6.45, 7) is 7.70. The number of nitrogens with zero attached hydrogens (tertiary/aromatic N) is 1. The van der Waals surface area contributed by atoms with Crippen molar-refractivity contribution in [1.82, 2.24) is 10.2 Å². The van der Waals surface area contributed by atoms with Crippen LogP contribution in [0.25, 0.3) is 0 Å². The molecule has 0 aromatic carbocycles. The van der Waals surface area contributed by atoms with E-state index in [9.17, 15) is 4.79 Å². The van der Waals surface area contributed by atoms with Gasteiger partial charge in [0.15, 0.2) is 0 Å². The van der Waals surface area contributed by atoms with E-state index in [0.29, 0.717) is 6.54 Å². The lowest BCUT2D eigenvalue weighted by atomic mass is 9.92. The van der Waals surface area contributed by atoms with Gasteiger partial charge in [-0.05, 0) is 40.7 Å². The zero-order valence-corrected chi connectivity index (χ0v) is 12.2. The SMILES string of the molecule is CNCC1(OC)CCCN(C(=O)OC(C)(C)C)C1. The van der Waals surface area contributed by atoms with E-state index >= 15 is 0 Å². The van der Waals surface area contributed by atoms with Gasteiger partial charge in [-0.2, -0.15) is 0 Å². The number of hydrogen-bond donors (Lipinski definition) is 1. The number of carbonyl (C=O) groups excluding carboxylic acids is 1. The minimum Gasteiger partial charge on any atom is -0.444 e. The molecule has 0 radical (unpaired) electrons. The molecule has 1 unspecified atom stereocenters. The van der Waals surface area contributed by atoms with E-state index in [2.05, 4.69) is 5.32 Å². The lowest BCUT2D eigenvalue weighted by molar-refractivity contribution is -0.0662. The van der Waals surface area contributed by atoms with Crippen LogP contribution >= 0.6 is 0 Å². The van der Waals surface area contributed by atoms with Crippen molar-refractivity contribution in [3.63, 3.8) is 0 Å². The highest BCUT2D eigenvalue weighted by Gasteiger charge is 2.38. The second-order valence-electron chi connectivity index (χ2n) is 5.92. The lowest BCUT2D eigenvalue weighted by Crippen LogP contribution is -2.56. The number of nitrogens with one attached hydrogen (secondary N) is 1. The first-order chi connectivity index (χ1) is 8.32. The zero-order chi connectivity index (χ0) is 13.8. The fourth-order valence-electron chi connectivity index (χ4n) is 2.29. The van der Waals surface area contributed by atoms with Gasteiger partial charge in [-0.25, -0.2) is 4.79 Å². The Kier molecular flexibility index (Phi) is 4.99. The normalized spacial score (nSPS) is 25.1. The number of amides is 1. The third kappa shape index (κ3) is 4.14. The average Bonchev–Trinajstić information content (AvgIpc) is 2.27. The first kappa shape index (κ1) is 15.2. The fraction of sp³-hybridized carbons (Fsp3) is 0.923. The highest BCUT2D eigenvalue weighted by Crippen LogP contribution is 2.25. The minimum absolute atomic E-state index is 0.250. The Bertz CT molecular complexity index is 284. The number of hydrogen-bond acceptors (Lipinski definition) is 4. The Morgan fingerprint density at radius 2 is 2.11 bits per heavy atom. The molecule has 5 nitrogen and oxygen atoms in total. The average molecular weight is 258 g/mol. The Hall–Kier alpha value is -0.810. The van der Waals surface area contributed by atoms with Crippen molar-refractivity contribution in [1.29, 1.82) is 0 Å². The van der Waals surface area contributed by atoms with Crippen LogP contribution in [0.3, 0.4) is 0 Å². The van der Waals surface area contributed by atoms with Gasteiger partial charge in [-0.1, -0.05) is 0 Å². The summed E-state index contributed by atoms with van der Waals surface area (Å²) in [7, 11) is 3.60. The summed E-state index contributed by atoms with van der Waals surface area (Å²) in [5.41, 5.74) is -0.739. The number of likely N-dealkylation sites (tertiary alicyclic amines) is 1. The van der Waals surface area contributed by atoms with Crippen LogP contribution in [-0.2, 0) is 9.47 Å².